The van der Waals surface area contributed by atoms with Crippen molar-refractivity contribution in [3.05, 3.63) is 36.5 Å². The second kappa shape index (κ2) is 60.6. The first-order valence-electron chi connectivity index (χ1n) is 31.8. The molecule has 0 heterocycles. The molecule has 71 heavy (non-hydrogen) atoms. The number of hydrogen-bond acceptors (Lipinski definition) is 5. The highest BCUT2D eigenvalue weighted by atomic mass is 16.5. The summed E-state index contributed by atoms with van der Waals surface area (Å²) in [4.78, 5) is 24.5. The van der Waals surface area contributed by atoms with E-state index in [2.05, 4.69) is 43.5 Å². The van der Waals surface area contributed by atoms with E-state index >= 15 is 0 Å². The van der Waals surface area contributed by atoms with Gasteiger partial charge in [0.2, 0.25) is 5.91 Å². The first-order valence-corrected chi connectivity index (χ1v) is 31.8. The number of carbonyl (C=O) groups is 2. The standard InChI is InChI=1S/C65H123NO5/c1-3-5-7-9-11-13-15-17-18-27-30-34-37-41-45-49-53-57-63(68)62(61-67)66-64(69)58-54-50-46-42-38-35-31-28-25-23-21-19-20-22-24-26-29-32-36-40-44-48-52-56-60-71-65(70)59-55-51-47-43-39-33-16-14-12-10-8-6-4-2/h8,10,14,16,53,57,62-63,67-68H,3-7,9,11-13,15,17-52,54-56,58-61H2,1-2H3,(H,66,69)/b10-8-,16-14-,57-53+. The summed E-state index contributed by atoms with van der Waals surface area (Å²) in [6.07, 6.45) is 76.2. The Kier molecular flexibility index (Phi) is 59.0. The summed E-state index contributed by atoms with van der Waals surface area (Å²) in [6.45, 7) is 4.85. The predicted molar refractivity (Wildman–Crippen MR) is 310 cm³/mol. The number of nitrogens with one attached hydrogen (secondary N) is 1. The molecule has 0 spiro atoms. The van der Waals surface area contributed by atoms with E-state index in [0.717, 1.165) is 51.4 Å². The van der Waals surface area contributed by atoms with Crippen LogP contribution in [-0.2, 0) is 14.3 Å². The number of carbonyl (C=O) groups excluding carboxylic acids is 2. The van der Waals surface area contributed by atoms with Gasteiger partial charge in [-0.1, -0.05) is 307 Å². The maximum atomic E-state index is 12.5. The van der Waals surface area contributed by atoms with Gasteiger partial charge in [0.05, 0.1) is 25.4 Å². The summed E-state index contributed by atoms with van der Waals surface area (Å²) in [5.74, 6) is -0.0653. The van der Waals surface area contributed by atoms with Gasteiger partial charge in [0.1, 0.15) is 0 Å². The van der Waals surface area contributed by atoms with Crippen molar-refractivity contribution in [2.45, 2.75) is 353 Å². The van der Waals surface area contributed by atoms with Gasteiger partial charge in [0.25, 0.3) is 0 Å². The number of unbranched alkanes of at least 4 members (excludes halogenated alkanes) is 44. The lowest BCUT2D eigenvalue weighted by Crippen LogP contribution is -2.45. The molecule has 6 nitrogen and oxygen atoms in total. The lowest BCUT2D eigenvalue weighted by atomic mass is 10.0. The number of ether oxygens (including phenoxy) is 1. The van der Waals surface area contributed by atoms with Crippen LogP contribution in [0, 0.1) is 0 Å². The second-order valence-electron chi connectivity index (χ2n) is 21.7. The van der Waals surface area contributed by atoms with Crippen LogP contribution >= 0.6 is 0 Å². The van der Waals surface area contributed by atoms with E-state index in [1.54, 1.807) is 6.08 Å². The first kappa shape index (κ1) is 69.1. The minimum atomic E-state index is -0.844. The van der Waals surface area contributed by atoms with E-state index in [1.165, 1.54) is 263 Å². The van der Waals surface area contributed by atoms with Gasteiger partial charge >= 0.3 is 5.97 Å². The van der Waals surface area contributed by atoms with Crippen LogP contribution in [0.15, 0.2) is 36.5 Å². The number of amides is 1. The molecule has 418 valence electrons. The highest BCUT2D eigenvalue weighted by Crippen LogP contribution is 2.18. The van der Waals surface area contributed by atoms with Gasteiger partial charge in [-0.25, -0.2) is 0 Å². The summed E-state index contributed by atoms with van der Waals surface area (Å²) < 4.78 is 5.47. The largest absolute Gasteiger partial charge is 0.466 e. The normalized spacial score (nSPS) is 12.8. The van der Waals surface area contributed by atoms with Gasteiger partial charge in [-0.15, -0.1) is 0 Å². The molecule has 3 N–H and O–H groups in total. The van der Waals surface area contributed by atoms with E-state index in [1.807, 2.05) is 6.08 Å². The van der Waals surface area contributed by atoms with Crippen LogP contribution < -0.4 is 5.32 Å². The molecule has 2 unspecified atom stereocenters. The van der Waals surface area contributed by atoms with Crippen molar-refractivity contribution in [2.24, 2.45) is 0 Å². The summed E-state index contributed by atoms with van der Waals surface area (Å²) in [7, 11) is 0. The van der Waals surface area contributed by atoms with Crippen LogP contribution in [0.1, 0.15) is 341 Å². The molecule has 2 atom stereocenters. The molecule has 0 rings (SSSR count). The molecule has 0 aromatic heterocycles. The Morgan fingerprint density at radius 1 is 0.394 bits per heavy atom. The molecule has 1 amide bonds. The van der Waals surface area contributed by atoms with Gasteiger partial charge in [-0.2, -0.15) is 0 Å². The summed E-state index contributed by atoms with van der Waals surface area (Å²) in [5, 5.41) is 23.2. The molecule has 0 aliphatic carbocycles. The van der Waals surface area contributed by atoms with E-state index < -0.39 is 12.1 Å². The predicted octanol–water partition coefficient (Wildman–Crippen LogP) is 20.0. The molecule has 0 aliphatic heterocycles. The Labute approximate surface area is 443 Å². The molecule has 0 aliphatic rings. The van der Waals surface area contributed by atoms with Crippen LogP contribution in [0.2, 0.25) is 0 Å². The van der Waals surface area contributed by atoms with Crippen LogP contribution in [0.5, 0.6) is 0 Å². The minimum Gasteiger partial charge on any atom is -0.466 e. The SMILES string of the molecule is CCC/C=C\C/C=C\CCCCCCCC(=O)OCCCCCCCCCCCCCCCCCCCCCCCCCCC(=O)NC(CO)C(O)/C=C/CCCCCCCCCCCCCCCCC. The van der Waals surface area contributed by atoms with Crippen molar-refractivity contribution in [1.82, 2.24) is 5.32 Å². The molecule has 0 bridgehead atoms. The van der Waals surface area contributed by atoms with Crippen LogP contribution in [-0.4, -0.2) is 47.4 Å². The third-order valence-electron chi connectivity index (χ3n) is 14.6. The van der Waals surface area contributed by atoms with Gasteiger partial charge in [-0.3, -0.25) is 9.59 Å². The summed E-state index contributed by atoms with van der Waals surface area (Å²) in [5.41, 5.74) is 0. The van der Waals surface area contributed by atoms with Gasteiger partial charge in [0.15, 0.2) is 0 Å². The maximum Gasteiger partial charge on any atom is 0.305 e. The number of allylic oxidation sites excluding steroid dienone is 5. The number of hydrogen-bond donors (Lipinski definition) is 3. The van der Waals surface area contributed by atoms with Crippen LogP contribution in [0.3, 0.4) is 0 Å². The number of aliphatic hydroxyl groups is 2. The van der Waals surface area contributed by atoms with E-state index in [0.29, 0.717) is 19.4 Å². The average molecular weight is 999 g/mol. The second-order valence-corrected chi connectivity index (χ2v) is 21.7. The average Bonchev–Trinajstić information content (AvgIpc) is 3.37. The molecule has 0 aromatic carbocycles. The quantitative estimate of drug-likeness (QED) is 0.0321. The fourth-order valence-corrected chi connectivity index (χ4v) is 9.79. The number of aliphatic hydroxyl groups excluding tert-OH is 2. The molecular formula is C65H123NO5. The molecule has 0 radical (unpaired) electrons. The van der Waals surface area contributed by atoms with E-state index in [9.17, 15) is 19.8 Å². The van der Waals surface area contributed by atoms with Gasteiger partial charge in [0, 0.05) is 12.8 Å². The van der Waals surface area contributed by atoms with Gasteiger partial charge in [-0.05, 0) is 57.8 Å². The number of rotatable bonds is 59. The highest BCUT2D eigenvalue weighted by molar-refractivity contribution is 5.76. The third kappa shape index (κ3) is 57.2. The van der Waals surface area contributed by atoms with Crippen molar-refractivity contribution < 1.29 is 24.5 Å². The third-order valence-corrected chi connectivity index (χ3v) is 14.6. The topological polar surface area (TPSA) is 95.9 Å². The maximum absolute atomic E-state index is 12.5. The Hall–Kier alpha value is -1.92. The lowest BCUT2D eigenvalue weighted by molar-refractivity contribution is -0.143. The molecule has 0 saturated carbocycles. The smallest absolute Gasteiger partial charge is 0.305 e. The Morgan fingerprint density at radius 3 is 1.13 bits per heavy atom. The zero-order valence-corrected chi connectivity index (χ0v) is 47.7. The zero-order chi connectivity index (χ0) is 51.4. The lowest BCUT2D eigenvalue weighted by Gasteiger charge is -2.20. The van der Waals surface area contributed by atoms with Gasteiger partial charge < -0.3 is 20.3 Å². The zero-order valence-electron chi connectivity index (χ0n) is 47.7. The van der Waals surface area contributed by atoms with Crippen molar-refractivity contribution in [3.63, 3.8) is 0 Å². The monoisotopic (exact) mass is 998 g/mol. The van der Waals surface area contributed by atoms with Crippen LogP contribution in [0.25, 0.3) is 0 Å². The van der Waals surface area contributed by atoms with Crippen LogP contribution in [0.4, 0.5) is 0 Å². The molecule has 0 aromatic rings. The van der Waals surface area contributed by atoms with Crippen molar-refractivity contribution >= 4 is 11.9 Å². The minimum absolute atomic E-state index is 0.000358. The number of esters is 1. The summed E-state index contributed by atoms with van der Waals surface area (Å²) in [6, 6.07) is -0.627. The fraction of sp³-hybridized carbons (Fsp3) is 0.877. The first-order chi connectivity index (χ1) is 35.0. The van der Waals surface area contributed by atoms with Crippen molar-refractivity contribution in [1.29, 1.82) is 0 Å². The fourth-order valence-electron chi connectivity index (χ4n) is 9.79. The molecule has 0 saturated heterocycles. The Morgan fingerprint density at radius 2 is 0.732 bits per heavy atom. The Balaban J connectivity index is 3.40. The highest BCUT2D eigenvalue weighted by Gasteiger charge is 2.18. The summed E-state index contributed by atoms with van der Waals surface area (Å²) >= 11 is 0. The molecule has 0 fully saturated rings. The van der Waals surface area contributed by atoms with E-state index in [-0.39, 0.29) is 18.5 Å². The Bertz CT molecular complexity index is 1150. The van der Waals surface area contributed by atoms with Crippen molar-refractivity contribution in [3.8, 4) is 0 Å². The molecular weight excluding hydrogens is 875 g/mol. The van der Waals surface area contributed by atoms with Crippen molar-refractivity contribution in [2.75, 3.05) is 13.2 Å². The van der Waals surface area contributed by atoms with E-state index in [4.69, 9.17) is 4.74 Å². The molecule has 6 heteroatoms.